The van der Waals surface area contributed by atoms with E-state index in [4.69, 9.17) is 0 Å². The molecule has 0 aromatic carbocycles. The SMILES string of the molecule is CCSC1CCC(NC(=NC)NCc2ncccc2C)C1.I. The number of rotatable bonds is 5. The molecule has 1 heterocycles. The highest BCUT2D eigenvalue weighted by Crippen LogP contribution is 2.29. The molecule has 1 aromatic rings. The van der Waals surface area contributed by atoms with Crippen molar-refractivity contribution in [3.05, 3.63) is 29.6 Å². The second-order valence-electron chi connectivity index (χ2n) is 5.42. The zero-order chi connectivity index (χ0) is 15.1. The van der Waals surface area contributed by atoms with E-state index < -0.39 is 0 Å². The van der Waals surface area contributed by atoms with E-state index in [0.29, 0.717) is 12.6 Å². The second kappa shape index (κ2) is 10.3. The normalized spacial score (nSPS) is 21.3. The molecule has 0 saturated heterocycles. The fraction of sp³-hybridized carbons (Fsp3) is 0.625. The lowest BCUT2D eigenvalue weighted by Gasteiger charge is -2.17. The summed E-state index contributed by atoms with van der Waals surface area (Å²) in [7, 11) is 1.83. The molecule has 0 spiro atoms. The van der Waals surface area contributed by atoms with Crippen LogP contribution in [0.25, 0.3) is 0 Å². The molecule has 0 amide bonds. The van der Waals surface area contributed by atoms with E-state index in [9.17, 15) is 0 Å². The zero-order valence-corrected chi connectivity index (χ0v) is 16.8. The van der Waals surface area contributed by atoms with Gasteiger partial charge < -0.3 is 10.6 Å². The second-order valence-corrected chi connectivity index (χ2v) is 7.00. The van der Waals surface area contributed by atoms with Crippen LogP contribution < -0.4 is 10.6 Å². The first-order chi connectivity index (χ1) is 10.2. The summed E-state index contributed by atoms with van der Waals surface area (Å²) < 4.78 is 0. The van der Waals surface area contributed by atoms with E-state index in [-0.39, 0.29) is 24.0 Å². The van der Waals surface area contributed by atoms with Crippen LogP contribution in [0, 0.1) is 6.92 Å². The molecule has 124 valence electrons. The fourth-order valence-electron chi connectivity index (χ4n) is 2.72. The first-order valence-corrected chi connectivity index (χ1v) is 8.77. The number of aliphatic imine (C=N–C) groups is 1. The highest BCUT2D eigenvalue weighted by atomic mass is 127. The van der Waals surface area contributed by atoms with Crippen LogP contribution in [-0.2, 0) is 6.54 Å². The van der Waals surface area contributed by atoms with Gasteiger partial charge in [0.2, 0.25) is 0 Å². The minimum absolute atomic E-state index is 0. The van der Waals surface area contributed by atoms with Crippen molar-refractivity contribution in [1.82, 2.24) is 15.6 Å². The van der Waals surface area contributed by atoms with Crippen LogP contribution in [0.3, 0.4) is 0 Å². The molecule has 2 unspecified atom stereocenters. The highest BCUT2D eigenvalue weighted by Gasteiger charge is 2.25. The van der Waals surface area contributed by atoms with Crippen LogP contribution in [0.5, 0.6) is 0 Å². The van der Waals surface area contributed by atoms with Crippen molar-refractivity contribution >= 4 is 41.7 Å². The molecule has 1 fully saturated rings. The van der Waals surface area contributed by atoms with Gasteiger partial charge in [0.15, 0.2) is 5.96 Å². The fourth-order valence-corrected chi connectivity index (χ4v) is 3.86. The number of nitrogens with one attached hydrogen (secondary N) is 2. The van der Waals surface area contributed by atoms with E-state index in [0.717, 1.165) is 16.9 Å². The smallest absolute Gasteiger partial charge is 0.191 e. The van der Waals surface area contributed by atoms with Crippen molar-refractivity contribution in [1.29, 1.82) is 0 Å². The molecule has 6 heteroatoms. The third-order valence-corrected chi connectivity index (χ3v) is 5.13. The van der Waals surface area contributed by atoms with E-state index in [1.165, 1.54) is 30.6 Å². The van der Waals surface area contributed by atoms with Crippen LogP contribution >= 0.6 is 35.7 Å². The molecule has 4 nitrogen and oxygen atoms in total. The average molecular weight is 434 g/mol. The summed E-state index contributed by atoms with van der Waals surface area (Å²) in [6.07, 6.45) is 5.62. The van der Waals surface area contributed by atoms with E-state index in [1.54, 1.807) is 0 Å². The van der Waals surface area contributed by atoms with Gasteiger partial charge in [0, 0.05) is 24.5 Å². The maximum atomic E-state index is 4.40. The largest absolute Gasteiger partial charge is 0.354 e. The molecule has 2 atom stereocenters. The van der Waals surface area contributed by atoms with Gasteiger partial charge in [0.1, 0.15) is 0 Å². The molecule has 0 radical (unpaired) electrons. The number of aryl methyl sites for hydroxylation is 1. The Bertz CT molecular complexity index is 481. The van der Waals surface area contributed by atoms with Gasteiger partial charge >= 0.3 is 0 Å². The standard InChI is InChI=1S/C16H26N4S.HI/c1-4-21-14-8-7-13(10-14)20-16(17-3)19-11-15-12(2)6-5-9-18-15;/h5-6,9,13-14H,4,7-8,10-11H2,1-3H3,(H2,17,19,20);1H. The van der Waals surface area contributed by atoms with Gasteiger partial charge in [0.25, 0.3) is 0 Å². The van der Waals surface area contributed by atoms with E-state index in [1.807, 2.05) is 19.3 Å². The van der Waals surface area contributed by atoms with Gasteiger partial charge in [-0.1, -0.05) is 13.0 Å². The summed E-state index contributed by atoms with van der Waals surface area (Å²) in [5.74, 6) is 2.09. The molecule has 0 aliphatic heterocycles. The number of halogens is 1. The Labute approximate surface area is 155 Å². The van der Waals surface area contributed by atoms with Crippen LogP contribution in [-0.4, -0.2) is 35.0 Å². The quantitative estimate of drug-likeness (QED) is 0.424. The Morgan fingerprint density at radius 2 is 2.27 bits per heavy atom. The van der Waals surface area contributed by atoms with Gasteiger partial charge in [-0.3, -0.25) is 9.98 Å². The van der Waals surface area contributed by atoms with Crippen molar-refractivity contribution in [2.45, 2.75) is 50.9 Å². The van der Waals surface area contributed by atoms with Crippen molar-refractivity contribution < 1.29 is 0 Å². The molecular formula is C16H27IN4S. The maximum Gasteiger partial charge on any atom is 0.191 e. The Morgan fingerprint density at radius 1 is 1.45 bits per heavy atom. The first kappa shape index (κ1) is 19.5. The number of pyridine rings is 1. The third kappa shape index (κ3) is 5.95. The third-order valence-electron chi connectivity index (χ3n) is 3.89. The highest BCUT2D eigenvalue weighted by molar-refractivity contribution is 14.0. The Kier molecular flexibility index (Phi) is 9.16. The average Bonchev–Trinajstić information content (AvgIpc) is 2.92. The summed E-state index contributed by atoms with van der Waals surface area (Å²) in [5, 5.41) is 7.72. The Balaban J connectivity index is 0.00000242. The molecule has 2 N–H and O–H groups in total. The summed E-state index contributed by atoms with van der Waals surface area (Å²) in [6.45, 7) is 5.04. The monoisotopic (exact) mass is 434 g/mol. The zero-order valence-electron chi connectivity index (χ0n) is 13.6. The molecular weight excluding hydrogens is 407 g/mol. The molecule has 0 bridgehead atoms. The maximum absolute atomic E-state index is 4.40. The van der Waals surface area contributed by atoms with Gasteiger partial charge in [0.05, 0.1) is 12.2 Å². The molecule has 1 aromatic heterocycles. The molecule has 2 rings (SSSR count). The Hall–Kier alpha value is -0.500. The number of guanidine groups is 1. The number of hydrogen-bond donors (Lipinski definition) is 2. The first-order valence-electron chi connectivity index (χ1n) is 7.72. The number of aromatic nitrogens is 1. The van der Waals surface area contributed by atoms with Crippen LogP contribution in [0.4, 0.5) is 0 Å². The van der Waals surface area contributed by atoms with Gasteiger partial charge in [-0.2, -0.15) is 11.8 Å². The minimum atomic E-state index is 0. The number of thioether (sulfide) groups is 1. The summed E-state index contributed by atoms with van der Waals surface area (Å²) in [5.41, 5.74) is 2.28. The van der Waals surface area contributed by atoms with Crippen molar-refractivity contribution in [2.75, 3.05) is 12.8 Å². The topological polar surface area (TPSA) is 49.3 Å². The van der Waals surface area contributed by atoms with E-state index >= 15 is 0 Å². The lowest BCUT2D eigenvalue weighted by atomic mass is 10.2. The van der Waals surface area contributed by atoms with Gasteiger partial charge in [-0.05, 0) is 43.6 Å². The van der Waals surface area contributed by atoms with Crippen molar-refractivity contribution in [2.24, 2.45) is 4.99 Å². The van der Waals surface area contributed by atoms with Crippen LogP contribution in [0.2, 0.25) is 0 Å². The van der Waals surface area contributed by atoms with Crippen molar-refractivity contribution in [3.8, 4) is 0 Å². The van der Waals surface area contributed by atoms with Gasteiger partial charge in [-0.25, -0.2) is 0 Å². The molecule has 1 aliphatic rings. The summed E-state index contributed by atoms with van der Waals surface area (Å²) in [4.78, 5) is 8.73. The number of hydrogen-bond acceptors (Lipinski definition) is 3. The molecule has 1 saturated carbocycles. The molecule has 1 aliphatic carbocycles. The van der Waals surface area contributed by atoms with Crippen LogP contribution in [0.15, 0.2) is 23.3 Å². The lowest BCUT2D eigenvalue weighted by molar-refractivity contribution is 0.613. The minimum Gasteiger partial charge on any atom is -0.354 e. The lowest BCUT2D eigenvalue weighted by Crippen LogP contribution is -2.42. The summed E-state index contributed by atoms with van der Waals surface area (Å²) >= 11 is 2.08. The predicted octanol–water partition coefficient (Wildman–Crippen LogP) is 3.35. The van der Waals surface area contributed by atoms with Gasteiger partial charge in [-0.15, -0.1) is 24.0 Å². The predicted molar refractivity (Wildman–Crippen MR) is 107 cm³/mol. The number of nitrogens with zero attached hydrogens (tertiary/aromatic N) is 2. The van der Waals surface area contributed by atoms with E-state index in [2.05, 4.69) is 52.3 Å². The molecule has 22 heavy (non-hydrogen) atoms. The van der Waals surface area contributed by atoms with Crippen molar-refractivity contribution in [3.63, 3.8) is 0 Å². The Morgan fingerprint density at radius 3 is 2.95 bits per heavy atom. The summed E-state index contributed by atoms with van der Waals surface area (Å²) in [6, 6.07) is 4.60. The van der Waals surface area contributed by atoms with Crippen LogP contribution in [0.1, 0.15) is 37.4 Å².